The highest BCUT2D eigenvalue weighted by atomic mass is 16.6. The van der Waals surface area contributed by atoms with Crippen LogP contribution in [-0.2, 0) is 9.53 Å². The molecule has 0 bridgehead atoms. The van der Waals surface area contributed by atoms with Crippen LogP contribution >= 0.6 is 0 Å². The third-order valence-corrected chi connectivity index (χ3v) is 1.88. The maximum absolute atomic E-state index is 10.6. The van der Waals surface area contributed by atoms with Gasteiger partial charge in [0.2, 0.25) is 0 Å². The van der Waals surface area contributed by atoms with Crippen LogP contribution in [0.15, 0.2) is 0 Å². The Morgan fingerprint density at radius 2 is 2.25 bits per heavy atom. The zero-order chi connectivity index (χ0) is 9.14. The molecule has 1 rings (SSSR count). The minimum Gasteiger partial charge on any atom is -0.459 e. The van der Waals surface area contributed by atoms with Crippen LogP contribution in [0.1, 0.15) is 12.8 Å². The van der Waals surface area contributed by atoms with Crippen LogP contribution in [0.25, 0.3) is 0 Å². The van der Waals surface area contributed by atoms with Crippen molar-refractivity contribution in [3.05, 3.63) is 0 Å². The average Bonchev–Trinajstić information content (AvgIpc) is 2.49. The van der Waals surface area contributed by atoms with Gasteiger partial charge in [-0.3, -0.25) is 4.79 Å². The quantitative estimate of drug-likeness (QED) is 0.451. The highest BCUT2D eigenvalue weighted by molar-refractivity contribution is 5.71. The van der Waals surface area contributed by atoms with Crippen LogP contribution in [0, 0.1) is 0 Å². The van der Waals surface area contributed by atoms with Crippen LogP contribution in [0.4, 0.5) is 0 Å². The van der Waals surface area contributed by atoms with E-state index in [2.05, 4.69) is 4.74 Å². The Kier molecular flexibility index (Phi) is 3.02. The van der Waals surface area contributed by atoms with E-state index in [-0.39, 0.29) is 12.4 Å². The summed E-state index contributed by atoms with van der Waals surface area (Å²) in [4.78, 5) is 10.6. The number of rotatable bonds is 3. The molecule has 0 amide bonds. The number of aliphatic hydroxyl groups excluding tert-OH is 3. The van der Waals surface area contributed by atoms with Gasteiger partial charge in [-0.15, -0.1) is 0 Å². The monoisotopic (exact) mass is 176 g/mol. The molecule has 0 aromatic rings. The number of carbonyl (C=O) groups is 1. The van der Waals surface area contributed by atoms with Gasteiger partial charge in [-0.1, -0.05) is 0 Å². The van der Waals surface area contributed by atoms with Gasteiger partial charge in [0.05, 0.1) is 6.61 Å². The van der Waals surface area contributed by atoms with Gasteiger partial charge in [0.15, 0.2) is 0 Å². The van der Waals surface area contributed by atoms with Gasteiger partial charge in [0, 0.05) is 6.42 Å². The first-order valence-electron chi connectivity index (χ1n) is 3.81. The van der Waals surface area contributed by atoms with Gasteiger partial charge in [0.1, 0.15) is 18.3 Å². The first-order valence-corrected chi connectivity index (χ1v) is 3.81. The van der Waals surface area contributed by atoms with Crippen LogP contribution in [-0.4, -0.2) is 46.2 Å². The fourth-order valence-corrected chi connectivity index (χ4v) is 1.14. The molecule has 1 fully saturated rings. The Labute approximate surface area is 69.6 Å². The van der Waals surface area contributed by atoms with E-state index in [9.17, 15) is 9.90 Å². The van der Waals surface area contributed by atoms with Gasteiger partial charge in [0.25, 0.3) is 0 Å². The summed E-state index contributed by atoms with van der Waals surface area (Å²) in [5.41, 5.74) is 0. The standard InChI is InChI=1S/C7H12O5/c8-3-4(9)7(11)5-1-2-6(10)12-5/h4-5,7-9,11H,1-3H2/t4-,5-,7-/m0/s1. The van der Waals surface area contributed by atoms with Crippen molar-refractivity contribution >= 4 is 5.97 Å². The Bertz CT molecular complexity index is 169. The largest absolute Gasteiger partial charge is 0.459 e. The molecule has 0 unspecified atom stereocenters. The fraction of sp³-hybridized carbons (Fsp3) is 0.857. The molecule has 3 atom stereocenters. The minimum absolute atomic E-state index is 0.264. The molecule has 5 heteroatoms. The van der Waals surface area contributed by atoms with Crippen molar-refractivity contribution in [2.24, 2.45) is 0 Å². The summed E-state index contributed by atoms with van der Waals surface area (Å²) in [5, 5.41) is 26.7. The minimum atomic E-state index is -1.24. The van der Waals surface area contributed by atoms with Crippen LogP contribution in [0.3, 0.4) is 0 Å². The van der Waals surface area contributed by atoms with E-state index in [1.165, 1.54) is 0 Å². The predicted molar refractivity (Wildman–Crippen MR) is 38.2 cm³/mol. The smallest absolute Gasteiger partial charge is 0.306 e. The van der Waals surface area contributed by atoms with E-state index in [1.807, 2.05) is 0 Å². The van der Waals surface area contributed by atoms with Crippen molar-refractivity contribution in [3.63, 3.8) is 0 Å². The van der Waals surface area contributed by atoms with E-state index >= 15 is 0 Å². The van der Waals surface area contributed by atoms with Crippen LogP contribution < -0.4 is 0 Å². The molecule has 0 spiro atoms. The summed E-state index contributed by atoms with van der Waals surface area (Å²) in [6, 6.07) is 0. The zero-order valence-electron chi connectivity index (χ0n) is 6.51. The maximum Gasteiger partial charge on any atom is 0.306 e. The number of hydrogen-bond donors (Lipinski definition) is 3. The van der Waals surface area contributed by atoms with Crippen molar-refractivity contribution in [2.45, 2.75) is 31.2 Å². The Hall–Kier alpha value is -0.650. The SMILES string of the molecule is O=C1CC[C@@H]([C@@H](O)[C@@H](O)CO)O1. The summed E-state index contributed by atoms with van der Waals surface area (Å²) in [7, 11) is 0. The summed E-state index contributed by atoms with van der Waals surface area (Å²) in [5.74, 6) is -0.371. The fourth-order valence-electron chi connectivity index (χ4n) is 1.14. The van der Waals surface area contributed by atoms with Crippen molar-refractivity contribution in [2.75, 3.05) is 6.61 Å². The topological polar surface area (TPSA) is 87.0 Å². The molecule has 1 saturated heterocycles. The molecule has 0 aromatic carbocycles. The molecular formula is C7H12O5. The zero-order valence-corrected chi connectivity index (χ0v) is 6.51. The second-order valence-corrected chi connectivity index (χ2v) is 2.81. The lowest BCUT2D eigenvalue weighted by Gasteiger charge is -2.20. The maximum atomic E-state index is 10.6. The Morgan fingerprint density at radius 3 is 2.67 bits per heavy atom. The summed E-state index contributed by atoms with van der Waals surface area (Å²) in [6.45, 7) is -0.533. The van der Waals surface area contributed by atoms with Gasteiger partial charge < -0.3 is 20.1 Å². The summed E-state index contributed by atoms with van der Waals surface area (Å²) >= 11 is 0. The van der Waals surface area contributed by atoms with E-state index in [0.717, 1.165) is 0 Å². The summed E-state index contributed by atoms with van der Waals surface area (Å²) < 4.78 is 4.69. The Balaban J connectivity index is 2.42. The van der Waals surface area contributed by atoms with Crippen molar-refractivity contribution in [1.82, 2.24) is 0 Å². The number of esters is 1. The molecule has 1 aliphatic rings. The molecule has 0 saturated carbocycles. The highest BCUT2D eigenvalue weighted by Gasteiger charge is 2.33. The van der Waals surface area contributed by atoms with E-state index in [0.29, 0.717) is 6.42 Å². The van der Waals surface area contributed by atoms with E-state index < -0.39 is 24.9 Å². The first-order chi connectivity index (χ1) is 5.65. The second-order valence-electron chi connectivity index (χ2n) is 2.81. The number of ether oxygens (including phenoxy) is 1. The molecule has 70 valence electrons. The Morgan fingerprint density at radius 1 is 1.58 bits per heavy atom. The van der Waals surface area contributed by atoms with Crippen molar-refractivity contribution in [1.29, 1.82) is 0 Å². The molecule has 1 heterocycles. The van der Waals surface area contributed by atoms with Crippen molar-refractivity contribution in [3.8, 4) is 0 Å². The third-order valence-electron chi connectivity index (χ3n) is 1.88. The number of hydrogen-bond acceptors (Lipinski definition) is 5. The van der Waals surface area contributed by atoms with E-state index in [1.54, 1.807) is 0 Å². The molecule has 0 aromatic heterocycles. The second kappa shape index (κ2) is 3.84. The lowest BCUT2D eigenvalue weighted by molar-refractivity contribution is -0.149. The van der Waals surface area contributed by atoms with Gasteiger partial charge in [-0.25, -0.2) is 0 Å². The molecule has 5 nitrogen and oxygen atoms in total. The molecular weight excluding hydrogens is 164 g/mol. The van der Waals surface area contributed by atoms with Gasteiger partial charge in [-0.05, 0) is 6.42 Å². The third kappa shape index (κ3) is 1.94. The lowest BCUT2D eigenvalue weighted by atomic mass is 10.1. The lowest BCUT2D eigenvalue weighted by Crippen LogP contribution is -2.39. The number of aliphatic hydroxyl groups is 3. The average molecular weight is 176 g/mol. The van der Waals surface area contributed by atoms with Gasteiger partial charge in [-0.2, -0.15) is 0 Å². The van der Waals surface area contributed by atoms with Crippen LogP contribution in [0.5, 0.6) is 0 Å². The molecule has 12 heavy (non-hydrogen) atoms. The highest BCUT2D eigenvalue weighted by Crippen LogP contribution is 2.18. The normalized spacial score (nSPS) is 28.2. The predicted octanol–water partition coefficient (Wildman–Crippen LogP) is -1.59. The molecule has 0 aliphatic carbocycles. The van der Waals surface area contributed by atoms with Gasteiger partial charge >= 0.3 is 5.97 Å². The molecule has 3 N–H and O–H groups in total. The first kappa shape index (κ1) is 9.44. The molecule has 1 aliphatic heterocycles. The number of carbonyl (C=O) groups excluding carboxylic acids is 1. The van der Waals surface area contributed by atoms with Crippen LogP contribution in [0.2, 0.25) is 0 Å². The number of cyclic esters (lactones) is 1. The van der Waals surface area contributed by atoms with E-state index in [4.69, 9.17) is 10.2 Å². The van der Waals surface area contributed by atoms with Crippen molar-refractivity contribution < 1.29 is 24.9 Å². The molecule has 0 radical (unpaired) electrons. The summed E-state index contributed by atoms with van der Waals surface area (Å²) in [6.07, 6.45) is -2.42.